The van der Waals surface area contributed by atoms with Gasteiger partial charge in [0, 0.05) is 12.0 Å². The lowest BCUT2D eigenvalue weighted by molar-refractivity contribution is 0.102. The molecule has 1 aromatic carbocycles. The number of fused-ring (bicyclic) bond motifs is 1. The second-order valence-corrected chi connectivity index (χ2v) is 5.90. The zero-order valence-corrected chi connectivity index (χ0v) is 15.0. The summed E-state index contributed by atoms with van der Waals surface area (Å²) in [7, 11) is 4.49. The van der Waals surface area contributed by atoms with Gasteiger partial charge >= 0.3 is 0 Å². The van der Waals surface area contributed by atoms with Gasteiger partial charge in [0.2, 0.25) is 15.8 Å². The van der Waals surface area contributed by atoms with Gasteiger partial charge in [0.15, 0.2) is 17.3 Å². The van der Waals surface area contributed by atoms with Crippen molar-refractivity contribution in [3.63, 3.8) is 0 Å². The number of ether oxygens (including phenoxy) is 3. The zero-order chi connectivity index (χ0) is 18.0. The van der Waals surface area contributed by atoms with Crippen LogP contribution in [0.5, 0.6) is 17.2 Å². The Bertz CT molecular complexity index is 895. The van der Waals surface area contributed by atoms with E-state index in [1.165, 1.54) is 32.7 Å². The first kappa shape index (κ1) is 17.0. The van der Waals surface area contributed by atoms with Crippen LogP contribution in [0.25, 0.3) is 4.96 Å². The largest absolute Gasteiger partial charge is 0.493 e. The van der Waals surface area contributed by atoms with Crippen LogP contribution in [0.1, 0.15) is 23.1 Å². The molecule has 0 fully saturated rings. The third-order valence-electron chi connectivity index (χ3n) is 3.52. The summed E-state index contributed by atoms with van der Waals surface area (Å²) in [6, 6.07) is 3.16. The van der Waals surface area contributed by atoms with Crippen molar-refractivity contribution < 1.29 is 19.0 Å². The molecular formula is C15H17N5O4S. The topological polar surface area (TPSA) is 99.9 Å². The third-order valence-corrected chi connectivity index (χ3v) is 4.33. The summed E-state index contributed by atoms with van der Waals surface area (Å²) in [5.41, 5.74) is 0.358. The molecule has 0 aliphatic heterocycles. The predicted molar refractivity (Wildman–Crippen MR) is 92.1 cm³/mol. The first-order valence-corrected chi connectivity index (χ1v) is 8.25. The van der Waals surface area contributed by atoms with Gasteiger partial charge in [-0.15, -0.1) is 15.3 Å². The quantitative estimate of drug-likeness (QED) is 0.715. The Morgan fingerprint density at radius 3 is 2.40 bits per heavy atom. The molecule has 0 aliphatic rings. The number of nitrogens with zero attached hydrogens (tertiary/aromatic N) is 4. The molecule has 0 radical (unpaired) electrons. The number of hydrogen-bond acceptors (Lipinski definition) is 8. The highest BCUT2D eigenvalue weighted by Gasteiger charge is 2.19. The smallest absolute Gasteiger partial charge is 0.257 e. The van der Waals surface area contributed by atoms with Crippen molar-refractivity contribution in [2.75, 3.05) is 26.6 Å². The highest BCUT2D eigenvalue weighted by molar-refractivity contribution is 7.20. The summed E-state index contributed by atoms with van der Waals surface area (Å²) >= 11 is 1.24. The van der Waals surface area contributed by atoms with E-state index in [0.29, 0.717) is 39.3 Å². The number of amides is 1. The van der Waals surface area contributed by atoms with Crippen molar-refractivity contribution >= 4 is 27.3 Å². The maximum atomic E-state index is 12.6. The van der Waals surface area contributed by atoms with Gasteiger partial charge in [0.1, 0.15) is 0 Å². The van der Waals surface area contributed by atoms with Crippen molar-refractivity contribution in [3.05, 3.63) is 23.5 Å². The molecule has 3 rings (SSSR count). The van der Waals surface area contributed by atoms with Gasteiger partial charge in [-0.1, -0.05) is 18.3 Å². The predicted octanol–water partition coefficient (Wildman–Crippen LogP) is 2.03. The number of carbonyl (C=O) groups is 1. The molecule has 3 aromatic rings. The van der Waals surface area contributed by atoms with Crippen molar-refractivity contribution in [3.8, 4) is 17.2 Å². The molecular weight excluding hydrogens is 346 g/mol. The normalized spacial score (nSPS) is 10.7. The number of nitrogens with one attached hydrogen (secondary N) is 1. The zero-order valence-electron chi connectivity index (χ0n) is 14.2. The number of carbonyl (C=O) groups excluding carboxylic acids is 1. The molecule has 0 spiro atoms. The highest BCUT2D eigenvalue weighted by Crippen LogP contribution is 2.38. The average molecular weight is 363 g/mol. The minimum Gasteiger partial charge on any atom is -0.493 e. The van der Waals surface area contributed by atoms with E-state index in [4.69, 9.17) is 14.2 Å². The maximum absolute atomic E-state index is 12.6. The summed E-state index contributed by atoms with van der Waals surface area (Å²) in [5, 5.41) is 15.5. The average Bonchev–Trinajstić information content (AvgIpc) is 3.19. The van der Waals surface area contributed by atoms with E-state index in [2.05, 4.69) is 20.6 Å². The SMILES string of the molecule is CCc1nnc2sc(NC(=O)c3cc(OC)c(OC)c(OC)c3)nn12. The van der Waals surface area contributed by atoms with E-state index < -0.39 is 0 Å². The Morgan fingerprint density at radius 1 is 1.16 bits per heavy atom. The van der Waals surface area contributed by atoms with Crippen molar-refractivity contribution in [2.45, 2.75) is 13.3 Å². The van der Waals surface area contributed by atoms with Crippen LogP contribution in [-0.2, 0) is 6.42 Å². The summed E-state index contributed by atoms with van der Waals surface area (Å²) < 4.78 is 17.4. The third kappa shape index (κ3) is 3.07. The van der Waals surface area contributed by atoms with Crippen LogP contribution in [0, 0.1) is 0 Å². The number of methoxy groups -OCH3 is 3. The molecule has 0 aliphatic carbocycles. The van der Waals surface area contributed by atoms with E-state index in [0.717, 1.165) is 5.82 Å². The van der Waals surface area contributed by atoms with Crippen LogP contribution in [-0.4, -0.2) is 47.0 Å². The van der Waals surface area contributed by atoms with Crippen LogP contribution >= 0.6 is 11.3 Å². The molecule has 0 saturated heterocycles. The second-order valence-electron chi connectivity index (χ2n) is 4.94. The van der Waals surface area contributed by atoms with Crippen molar-refractivity contribution in [2.24, 2.45) is 0 Å². The molecule has 2 aromatic heterocycles. The van der Waals surface area contributed by atoms with E-state index in [1.807, 2.05) is 6.92 Å². The summed E-state index contributed by atoms with van der Waals surface area (Å²) in [5.74, 6) is 1.62. The Labute approximate surface area is 147 Å². The number of hydrogen-bond donors (Lipinski definition) is 1. The standard InChI is InChI=1S/C15H17N5O4S/c1-5-11-17-18-15-20(11)19-14(25-15)16-13(21)8-6-9(22-2)12(24-4)10(7-8)23-3/h6-7H,5H2,1-4H3,(H,16,19,21). The van der Waals surface area contributed by atoms with Gasteiger partial charge in [-0.05, 0) is 12.1 Å². The number of aromatic nitrogens is 4. The van der Waals surface area contributed by atoms with Gasteiger partial charge in [-0.3, -0.25) is 10.1 Å². The lowest BCUT2D eigenvalue weighted by atomic mass is 10.1. The fraction of sp³-hybridized carbons (Fsp3) is 0.333. The molecule has 132 valence electrons. The minimum atomic E-state index is -0.345. The summed E-state index contributed by atoms with van der Waals surface area (Å²) in [6.45, 7) is 1.96. The van der Waals surface area contributed by atoms with Crippen molar-refractivity contribution in [1.82, 2.24) is 19.8 Å². The number of rotatable bonds is 6. The van der Waals surface area contributed by atoms with E-state index in [9.17, 15) is 4.79 Å². The van der Waals surface area contributed by atoms with Crippen LogP contribution in [0.2, 0.25) is 0 Å². The molecule has 10 heteroatoms. The van der Waals surface area contributed by atoms with E-state index in [1.54, 1.807) is 16.6 Å². The van der Waals surface area contributed by atoms with Crippen LogP contribution in [0.15, 0.2) is 12.1 Å². The Kier molecular flexibility index (Phi) is 4.70. The van der Waals surface area contributed by atoms with Crippen LogP contribution < -0.4 is 19.5 Å². The van der Waals surface area contributed by atoms with Gasteiger partial charge in [0.25, 0.3) is 5.91 Å². The lowest BCUT2D eigenvalue weighted by Crippen LogP contribution is -2.13. The molecule has 25 heavy (non-hydrogen) atoms. The van der Waals surface area contributed by atoms with Gasteiger partial charge < -0.3 is 14.2 Å². The minimum absolute atomic E-state index is 0.345. The fourth-order valence-electron chi connectivity index (χ4n) is 2.31. The molecule has 1 N–H and O–H groups in total. The number of aryl methyl sites for hydroxylation is 1. The van der Waals surface area contributed by atoms with Gasteiger partial charge in [-0.2, -0.15) is 4.52 Å². The Hall–Kier alpha value is -2.88. The van der Waals surface area contributed by atoms with Crippen LogP contribution in [0.3, 0.4) is 0 Å². The van der Waals surface area contributed by atoms with Crippen LogP contribution in [0.4, 0.5) is 5.13 Å². The maximum Gasteiger partial charge on any atom is 0.257 e. The monoisotopic (exact) mass is 363 g/mol. The molecule has 0 atom stereocenters. The molecule has 1 amide bonds. The molecule has 0 unspecified atom stereocenters. The number of anilines is 1. The number of benzene rings is 1. The molecule has 2 heterocycles. The molecule has 0 saturated carbocycles. The highest BCUT2D eigenvalue weighted by atomic mass is 32.1. The molecule has 9 nitrogen and oxygen atoms in total. The fourth-order valence-corrected chi connectivity index (χ4v) is 3.06. The van der Waals surface area contributed by atoms with E-state index in [-0.39, 0.29) is 5.91 Å². The van der Waals surface area contributed by atoms with Gasteiger partial charge in [-0.25, -0.2) is 0 Å². The Morgan fingerprint density at radius 2 is 1.84 bits per heavy atom. The summed E-state index contributed by atoms with van der Waals surface area (Å²) in [6.07, 6.45) is 0.700. The van der Waals surface area contributed by atoms with Gasteiger partial charge in [0.05, 0.1) is 21.3 Å². The lowest BCUT2D eigenvalue weighted by Gasteiger charge is -2.13. The summed E-state index contributed by atoms with van der Waals surface area (Å²) in [4.78, 5) is 13.2. The van der Waals surface area contributed by atoms with Crippen molar-refractivity contribution in [1.29, 1.82) is 0 Å². The first-order valence-electron chi connectivity index (χ1n) is 7.43. The Balaban J connectivity index is 1.90. The first-order chi connectivity index (χ1) is 12.1. The van der Waals surface area contributed by atoms with E-state index >= 15 is 0 Å². The molecule has 0 bridgehead atoms. The second kappa shape index (κ2) is 6.93.